The zero-order valence-electron chi connectivity index (χ0n) is 14.4. The third-order valence-corrected chi connectivity index (χ3v) is 4.51. The predicted octanol–water partition coefficient (Wildman–Crippen LogP) is 2.63. The number of hydrogen-bond donors (Lipinski definition) is 2. The van der Waals surface area contributed by atoms with Crippen molar-refractivity contribution in [1.82, 2.24) is 10.2 Å². The van der Waals surface area contributed by atoms with E-state index in [4.69, 9.17) is 0 Å². The first-order valence-corrected chi connectivity index (χ1v) is 8.71. The van der Waals surface area contributed by atoms with Crippen molar-refractivity contribution < 1.29 is 4.90 Å². The first kappa shape index (κ1) is 16.4. The van der Waals surface area contributed by atoms with Crippen molar-refractivity contribution in [3.05, 3.63) is 54.6 Å². The summed E-state index contributed by atoms with van der Waals surface area (Å²) in [6, 6.07) is 18.6. The van der Waals surface area contributed by atoms with Crippen LogP contribution in [0.25, 0.3) is 22.0 Å². The number of benzene rings is 2. The Labute approximate surface area is 143 Å². The summed E-state index contributed by atoms with van der Waals surface area (Å²) in [5.74, 6) is 0.872. The number of hydrogen-bond acceptors (Lipinski definition) is 3. The lowest BCUT2D eigenvalue weighted by Gasteiger charge is -2.16. The molecule has 0 saturated heterocycles. The monoisotopic (exact) mass is 321 g/mol. The number of fused-ring (bicyclic) bond motifs is 1. The van der Waals surface area contributed by atoms with Gasteiger partial charge in [0.05, 0.1) is 26.2 Å². The largest absolute Gasteiger partial charge is 0.362 e. The summed E-state index contributed by atoms with van der Waals surface area (Å²) < 4.78 is 0. The van der Waals surface area contributed by atoms with E-state index in [1.807, 2.05) is 18.2 Å². The number of aromatic nitrogens is 2. The highest BCUT2D eigenvalue weighted by Crippen LogP contribution is 2.29. The summed E-state index contributed by atoms with van der Waals surface area (Å²) in [6.07, 6.45) is 0. The van der Waals surface area contributed by atoms with Gasteiger partial charge in [0.15, 0.2) is 5.82 Å². The van der Waals surface area contributed by atoms with E-state index in [0.717, 1.165) is 54.0 Å². The Bertz CT molecular complexity index is 782. The van der Waals surface area contributed by atoms with Crippen LogP contribution in [0.1, 0.15) is 13.8 Å². The van der Waals surface area contributed by atoms with Crippen molar-refractivity contribution >= 4 is 16.6 Å². The molecule has 2 aromatic carbocycles. The Morgan fingerprint density at radius 1 is 0.833 bits per heavy atom. The van der Waals surface area contributed by atoms with Gasteiger partial charge in [-0.15, -0.1) is 10.2 Å². The maximum atomic E-state index is 4.50. The average Bonchev–Trinajstić information content (AvgIpc) is 2.66. The molecule has 4 heteroatoms. The molecule has 0 amide bonds. The van der Waals surface area contributed by atoms with E-state index in [2.05, 4.69) is 65.8 Å². The molecule has 0 saturated carbocycles. The summed E-state index contributed by atoms with van der Waals surface area (Å²) in [4.78, 5) is 1.58. The van der Waals surface area contributed by atoms with Crippen molar-refractivity contribution in [2.45, 2.75) is 13.8 Å². The molecule has 0 spiro atoms. The van der Waals surface area contributed by atoms with E-state index in [9.17, 15) is 0 Å². The molecule has 3 rings (SSSR count). The van der Waals surface area contributed by atoms with Crippen LogP contribution in [0.2, 0.25) is 0 Å². The standard InChI is InChI=1S/C20H24N4/c1-3-24(4-2)15-14-21-20-18-13-9-8-12-17(18)19(22-23-20)16-10-6-5-7-11-16/h5-13H,3-4,14-15H2,1-2H3,(H,21,23)/p+1. The molecule has 2 N–H and O–H groups in total. The highest BCUT2D eigenvalue weighted by Gasteiger charge is 2.11. The van der Waals surface area contributed by atoms with E-state index in [0.29, 0.717) is 0 Å². The number of rotatable bonds is 7. The molecule has 0 atom stereocenters. The quantitative estimate of drug-likeness (QED) is 0.703. The molecule has 0 bridgehead atoms. The van der Waals surface area contributed by atoms with Gasteiger partial charge in [-0.2, -0.15) is 0 Å². The summed E-state index contributed by atoms with van der Waals surface area (Å²) in [7, 11) is 0. The maximum absolute atomic E-state index is 4.50. The second-order valence-corrected chi connectivity index (χ2v) is 5.94. The highest BCUT2D eigenvalue weighted by molar-refractivity contribution is 5.99. The molecular weight excluding hydrogens is 296 g/mol. The Morgan fingerprint density at radius 2 is 1.50 bits per heavy atom. The Balaban J connectivity index is 1.89. The molecule has 0 aliphatic heterocycles. The van der Waals surface area contributed by atoms with Crippen LogP contribution in [-0.2, 0) is 0 Å². The predicted molar refractivity (Wildman–Crippen MR) is 100 cm³/mol. The fraction of sp³-hybridized carbons (Fsp3) is 0.300. The molecular formula is C20H25N4+. The zero-order chi connectivity index (χ0) is 16.8. The molecule has 24 heavy (non-hydrogen) atoms. The van der Waals surface area contributed by atoms with Crippen molar-refractivity contribution in [2.75, 3.05) is 31.5 Å². The van der Waals surface area contributed by atoms with E-state index in [1.54, 1.807) is 4.90 Å². The first-order chi connectivity index (χ1) is 11.8. The van der Waals surface area contributed by atoms with Gasteiger partial charge >= 0.3 is 0 Å². The SMILES string of the molecule is CC[NH+](CC)CCNc1nnc(-c2ccccc2)c2ccccc12. The van der Waals surface area contributed by atoms with Crippen LogP contribution in [0.5, 0.6) is 0 Å². The second-order valence-electron chi connectivity index (χ2n) is 5.94. The molecule has 0 fully saturated rings. The molecule has 4 nitrogen and oxygen atoms in total. The smallest absolute Gasteiger partial charge is 0.156 e. The van der Waals surface area contributed by atoms with Crippen molar-refractivity contribution in [3.8, 4) is 11.3 Å². The van der Waals surface area contributed by atoms with Crippen molar-refractivity contribution in [1.29, 1.82) is 0 Å². The van der Waals surface area contributed by atoms with Gasteiger partial charge in [0.25, 0.3) is 0 Å². The summed E-state index contributed by atoms with van der Waals surface area (Å²) in [6.45, 7) is 8.74. The van der Waals surface area contributed by atoms with Crippen LogP contribution >= 0.6 is 0 Å². The van der Waals surface area contributed by atoms with Gasteiger partial charge in [-0.1, -0.05) is 54.6 Å². The zero-order valence-corrected chi connectivity index (χ0v) is 14.4. The van der Waals surface area contributed by atoms with Gasteiger partial charge in [-0.25, -0.2) is 0 Å². The van der Waals surface area contributed by atoms with Crippen LogP contribution < -0.4 is 10.2 Å². The Morgan fingerprint density at radius 3 is 2.21 bits per heavy atom. The fourth-order valence-electron chi connectivity index (χ4n) is 3.00. The lowest BCUT2D eigenvalue weighted by molar-refractivity contribution is -0.894. The fourth-order valence-corrected chi connectivity index (χ4v) is 3.00. The Hall–Kier alpha value is -2.46. The van der Waals surface area contributed by atoms with E-state index in [-0.39, 0.29) is 0 Å². The topological polar surface area (TPSA) is 42.2 Å². The Kier molecular flexibility index (Phi) is 5.39. The van der Waals surface area contributed by atoms with E-state index < -0.39 is 0 Å². The summed E-state index contributed by atoms with van der Waals surface area (Å²) >= 11 is 0. The van der Waals surface area contributed by atoms with Gasteiger partial charge in [-0.3, -0.25) is 0 Å². The molecule has 3 aromatic rings. The van der Waals surface area contributed by atoms with E-state index in [1.165, 1.54) is 0 Å². The molecule has 0 aliphatic carbocycles. The third kappa shape index (κ3) is 3.54. The normalized spacial score (nSPS) is 11.1. The molecule has 0 aliphatic rings. The molecule has 0 radical (unpaired) electrons. The summed E-state index contributed by atoms with van der Waals surface area (Å²) in [5, 5.41) is 14.7. The lowest BCUT2D eigenvalue weighted by Crippen LogP contribution is -3.12. The van der Waals surface area contributed by atoms with Crippen molar-refractivity contribution in [2.24, 2.45) is 0 Å². The van der Waals surface area contributed by atoms with Gasteiger partial charge in [0.2, 0.25) is 0 Å². The van der Waals surface area contributed by atoms with Crippen LogP contribution in [0.3, 0.4) is 0 Å². The number of nitrogens with zero attached hydrogens (tertiary/aromatic N) is 2. The van der Waals surface area contributed by atoms with Gasteiger partial charge < -0.3 is 10.2 Å². The van der Waals surface area contributed by atoms with Crippen LogP contribution in [0.15, 0.2) is 54.6 Å². The molecule has 0 unspecified atom stereocenters. The number of likely N-dealkylation sites (N-methyl/N-ethyl adjacent to an activating group) is 1. The number of anilines is 1. The van der Waals surface area contributed by atoms with Gasteiger partial charge in [0.1, 0.15) is 5.69 Å². The first-order valence-electron chi connectivity index (χ1n) is 8.71. The van der Waals surface area contributed by atoms with Gasteiger partial charge in [0, 0.05) is 16.3 Å². The average molecular weight is 321 g/mol. The molecule has 1 heterocycles. The second kappa shape index (κ2) is 7.88. The lowest BCUT2D eigenvalue weighted by atomic mass is 10.0. The summed E-state index contributed by atoms with van der Waals surface area (Å²) in [5.41, 5.74) is 2.03. The maximum Gasteiger partial charge on any atom is 0.156 e. The van der Waals surface area contributed by atoms with Crippen molar-refractivity contribution in [3.63, 3.8) is 0 Å². The van der Waals surface area contributed by atoms with Crippen LogP contribution in [0, 0.1) is 0 Å². The highest BCUT2D eigenvalue weighted by atomic mass is 15.2. The third-order valence-electron chi connectivity index (χ3n) is 4.51. The minimum Gasteiger partial charge on any atom is -0.362 e. The van der Waals surface area contributed by atoms with Crippen LogP contribution in [-0.4, -0.2) is 36.4 Å². The molecule has 1 aromatic heterocycles. The van der Waals surface area contributed by atoms with E-state index >= 15 is 0 Å². The minimum absolute atomic E-state index is 0.872. The molecule has 124 valence electrons. The van der Waals surface area contributed by atoms with Gasteiger partial charge in [-0.05, 0) is 13.8 Å². The number of nitrogens with one attached hydrogen (secondary N) is 2. The van der Waals surface area contributed by atoms with Crippen LogP contribution in [0.4, 0.5) is 5.82 Å². The number of quaternary nitrogens is 1. The minimum atomic E-state index is 0.872.